The number of hydrogen-bond donors (Lipinski definition) is 2. The highest BCUT2D eigenvalue weighted by molar-refractivity contribution is 5.96. The minimum atomic E-state index is -0.202. The predicted octanol–water partition coefficient (Wildman–Crippen LogP) is 2.61. The highest BCUT2D eigenvalue weighted by atomic mass is 16.5. The van der Waals surface area contributed by atoms with E-state index in [0.29, 0.717) is 24.2 Å². The Morgan fingerprint density at radius 1 is 1.00 bits per heavy atom. The molecule has 0 spiro atoms. The molecule has 0 radical (unpaired) electrons. The summed E-state index contributed by atoms with van der Waals surface area (Å²) in [7, 11) is 1.57. The van der Waals surface area contributed by atoms with Crippen LogP contribution < -0.4 is 15.4 Å². The lowest BCUT2D eigenvalue weighted by atomic mass is 9.95. The van der Waals surface area contributed by atoms with Crippen LogP contribution in [-0.2, 0) is 9.59 Å². The number of hydrogen-bond acceptors (Lipinski definition) is 4. The maximum Gasteiger partial charge on any atom is 0.239 e. The molecular weight excluding hydrogens is 332 g/mol. The molecule has 2 rings (SSSR count). The molecule has 0 heterocycles. The van der Waals surface area contributed by atoms with Crippen molar-refractivity contribution in [3.05, 3.63) is 29.8 Å². The predicted molar refractivity (Wildman–Crippen MR) is 99.2 cm³/mol. The molecule has 1 aliphatic carbocycles. The molecule has 1 saturated carbocycles. The number of amides is 2. The smallest absolute Gasteiger partial charge is 0.239 e. The van der Waals surface area contributed by atoms with Gasteiger partial charge in [-0.05, 0) is 43.5 Å². The summed E-state index contributed by atoms with van der Waals surface area (Å²) in [6.45, 7) is 0.00175. The third kappa shape index (κ3) is 6.86. The number of carbonyl (C=O) groups excluding carboxylic acids is 3. The Morgan fingerprint density at radius 3 is 2.35 bits per heavy atom. The van der Waals surface area contributed by atoms with Gasteiger partial charge in [-0.25, -0.2) is 0 Å². The van der Waals surface area contributed by atoms with Gasteiger partial charge in [0, 0.05) is 24.4 Å². The van der Waals surface area contributed by atoms with E-state index in [1.54, 1.807) is 31.4 Å². The molecule has 0 saturated heterocycles. The van der Waals surface area contributed by atoms with Crippen molar-refractivity contribution in [2.45, 2.75) is 57.4 Å². The number of benzene rings is 1. The van der Waals surface area contributed by atoms with Crippen LogP contribution in [0.1, 0.15) is 61.7 Å². The fraction of sp³-hybridized carbons (Fsp3) is 0.550. The molecule has 0 unspecified atom stereocenters. The SMILES string of the molecule is COc1ccc(C(=O)CCCC(=O)NCC(=O)NC2CCCCC2)cc1. The molecule has 2 amide bonds. The van der Waals surface area contributed by atoms with Crippen molar-refractivity contribution in [2.75, 3.05) is 13.7 Å². The summed E-state index contributed by atoms with van der Waals surface area (Å²) in [5.41, 5.74) is 0.609. The fourth-order valence-electron chi connectivity index (χ4n) is 3.12. The molecule has 6 nitrogen and oxygen atoms in total. The van der Waals surface area contributed by atoms with Crippen molar-refractivity contribution in [2.24, 2.45) is 0 Å². The Labute approximate surface area is 154 Å². The van der Waals surface area contributed by atoms with Crippen LogP contribution in [0.2, 0.25) is 0 Å². The van der Waals surface area contributed by atoms with Gasteiger partial charge >= 0.3 is 0 Å². The van der Waals surface area contributed by atoms with Gasteiger partial charge in [0.1, 0.15) is 5.75 Å². The largest absolute Gasteiger partial charge is 0.497 e. The van der Waals surface area contributed by atoms with Crippen LogP contribution in [0, 0.1) is 0 Å². The Hall–Kier alpha value is -2.37. The number of ether oxygens (including phenoxy) is 1. The molecule has 1 aromatic rings. The topological polar surface area (TPSA) is 84.5 Å². The van der Waals surface area contributed by atoms with Gasteiger partial charge in [0.05, 0.1) is 13.7 Å². The van der Waals surface area contributed by atoms with Crippen LogP contribution in [0.25, 0.3) is 0 Å². The molecule has 2 N–H and O–H groups in total. The van der Waals surface area contributed by atoms with E-state index in [9.17, 15) is 14.4 Å². The fourth-order valence-corrected chi connectivity index (χ4v) is 3.12. The standard InChI is InChI=1S/C20H28N2O4/c1-26-17-12-10-15(11-13-17)18(23)8-5-9-19(24)21-14-20(25)22-16-6-3-2-4-7-16/h10-13,16H,2-9,14H2,1H3,(H,21,24)(H,22,25). The van der Waals surface area contributed by atoms with E-state index in [2.05, 4.69) is 10.6 Å². The summed E-state index contributed by atoms with van der Waals surface area (Å²) in [5, 5.41) is 5.58. The van der Waals surface area contributed by atoms with Crippen LogP contribution in [0.15, 0.2) is 24.3 Å². The van der Waals surface area contributed by atoms with Crippen molar-refractivity contribution in [1.82, 2.24) is 10.6 Å². The first-order valence-electron chi connectivity index (χ1n) is 9.32. The molecule has 0 aliphatic heterocycles. The molecular formula is C20H28N2O4. The zero-order valence-electron chi connectivity index (χ0n) is 15.4. The second-order valence-corrected chi connectivity index (χ2v) is 6.68. The Balaban J connectivity index is 1.60. The van der Waals surface area contributed by atoms with Crippen molar-refractivity contribution in [1.29, 1.82) is 0 Å². The number of ketones is 1. The third-order valence-electron chi connectivity index (χ3n) is 4.64. The normalized spacial score (nSPS) is 14.5. The second-order valence-electron chi connectivity index (χ2n) is 6.68. The molecule has 0 aromatic heterocycles. The van der Waals surface area contributed by atoms with Gasteiger partial charge in [0.15, 0.2) is 5.78 Å². The minimum absolute atomic E-state index is 0.00175. The van der Waals surface area contributed by atoms with Gasteiger partial charge in [-0.1, -0.05) is 19.3 Å². The summed E-state index contributed by atoms with van der Waals surface area (Å²) in [6, 6.07) is 7.17. The van der Waals surface area contributed by atoms with E-state index in [0.717, 1.165) is 25.7 Å². The van der Waals surface area contributed by atoms with Gasteiger partial charge in [0.2, 0.25) is 11.8 Å². The Kier molecular flexibility index (Phi) is 8.12. The van der Waals surface area contributed by atoms with Gasteiger partial charge in [-0.2, -0.15) is 0 Å². The highest BCUT2D eigenvalue weighted by Gasteiger charge is 2.16. The lowest BCUT2D eigenvalue weighted by Gasteiger charge is -2.22. The maximum absolute atomic E-state index is 12.1. The Bertz CT molecular complexity index is 607. The molecule has 1 aromatic carbocycles. The summed E-state index contributed by atoms with van der Waals surface area (Å²) in [6.07, 6.45) is 6.57. The number of rotatable bonds is 9. The van der Waals surface area contributed by atoms with Crippen molar-refractivity contribution < 1.29 is 19.1 Å². The second kappa shape index (κ2) is 10.6. The van der Waals surface area contributed by atoms with Gasteiger partial charge in [0.25, 0.3) is 0 Å². The van der Waals surface area contributed by atoms with Crippen molar-refractivity contribution in [3.63, 3.8) is 0 Å². The van der Waals surface area contributed by atoms with E-state index in [-0.39, 0.29) is 36.6 Å². The summed E-state index contributed by atoms with van der Waals surface area (Å²) in [4.78, 5) is 35.7. The van der Waals surface area contributed by atoms with E-state index < -0.39 is 0 Å². The van der Waals surface area contributed by atoms with Crippen LogP contribution >= 0.6 is 0 Å². The number of nitrogens with one attached hydrogen (secondary N) is 2. The molecule has 26 heavy (non-hydrogen) atoms. The summed E-state index contributed by atoms with van der Waals surface area (Å²) < 4.78 is 5.06. The summed E-state index contributed by atoms with van der Waals surface area (Å²) in [5.74, 6) is 0.355. The molecule has 6 heteroatoms. The van der Waals surface area contributed by atoms with Crippen molar-refractivity contribution in [3.8, 4) is 5.75 Å². The monoisotopic (exact) mass is 360 g/mol. The molecule has 0 bridgehead atoms. The highest BCUT2D eigenvalue weighted by Crippen LogP contribution is 2.17. The molecule has 1 aliphatic rings. The van der Waals surface area contributed by atoms with E-state index in [4.69, 9.17) is 4.74 Å². The van der Waals surface area contributed by atoms with Crippen LogP contribution in [0.5, 0.6) is 5.75 Å². The molecule has 1 fully saturated rings. The zero-order valence-corrected chi connectivity index (χ0v) is 15.4. The molecule has 0 atom stereocenters. The van der Waals surface area contributed by atoms with Gasteiger partial charge in [-0.15, -0.1) is 0 Å². The van der Waals surface area contributed by atoms with E-state index in [1.165, 1.54) is 6.42 Å². The van der Waals surface area contributed by atoms with E-state index in [1.807, 2.05) is 0 Å². The van der Waals surface area contributed by atoms with Crippen LogP contribution in [-0.4, -0.2) is 37.3 Å². The first kappa shape index (κ1) is 19.9. The van der Waals surface area contributed by atoms with Gasteiger partial charge < -0.3 is 15.4 Å². The Morgan fingerprint density at radius 2 is 1.69 bits per heavy atom. The average Bonchev–Trinajstić information content (AvgIpc) is 2.67. The van der Waals surface area contributed by atoms with Gasteiger partial charge in [-0.3, -0.25) is 14.4 Å². The number of Topliss-reactive ketones (excluding diaryl/α,β-unsaturated/α-hetero) is 1. The quantitative estimate of drug-likeness (QED) is 0.663. The van der Waals surface area contributed by atoms with E-state index >= 15 is 0 Å². The first-order chi connectivity index (χ1) is 12.6. The maximum atomic E-state index is 12.1. The summed E-state index contributed by atoms with van der Waals surface area (Å²) >= 11 is 0. The third-order valence-corrected chi connectivity index (χ3v) is 4.64. The number of carbonyl (C=O) groups is 3. The average molecular weight is 360 g/mol. The van der Waals surface area contributed by atoms with Crippen LogP contribution in [0.3, 0.4) is 0 Å². The van der Waals surface area contributed by atoms with Crippen molar-refractivity contribution >= 4 is 17.6 Å². The first-order valence-corrected chi connectivity index (χ1v) is 9.32. The van der Waals surface area contributed by atoms with Crippen LogP contribution in [0.4, 0.5) is 0 Å². The molecule has 142 valence electrons. The lowest BCUT2D eigenvalue weighted by Crippen LogP contribution is -2.42. The zero-order chi connectivity index (χ0) is 18.8. The minimum Gasteiger partial charge on any atom is -0.497 e. The number of methoxy groups -OCH3 is 1. The lowest BCUT2D eigenvalue weighted by molar-refractivity contribution is -0.126.